The first kappa shape index (κ1) is 19.2. The van der Waals surface area contributed by atoms with Crippen molar-refractivity contribution in [2.24, 2.45) is 0 Å². The number of unbranched alkanes of at least 4 members (excludes halogenated alkanes) is 1. The molecule has 0 radical (unpaired) electrons. The van der Waals surface area contributed by atoms with Gasteiger partial charge in [0, 0.05) is 29.1 Å². The van der Waals surface area contributed by atoms with E-state index in [2.05, 4.69) is 29.4 Å². The number of carbonyl (C=O) groups is 1. The number of anilines is 1. The predicted molar refractivity (Wildman–Crippen MR) is 109 cm³/mol. The third-order valence-corrected chi connectivity index (χ3v) is 4.56. The molecule has 0 unspecified atom stereocenters. The van der Waals surface area contributed by atoms with Crippen molar-refractivity contribution in [2.45, 2.75) is 39.0 Å². The first-order valence-electron chi connectivity index (χ1n) is 9.23. The van der Waals surface area contributed by atoms with E-state index in [0.29, 0.717) is 29.5 Å². The molecule has 1 heterocycles. The highest BCUT2D eigenvalue weighted by Crippen LogP contribution is 2.22. The fraction of sp³-hybridized carbons (Fsp3) is 0.273. The largest absolute Gasteiger partial charge is 0.441 e. The van der Waals surface area contributed by atoms with Crippen LogP contribution in [0.25, 0.3) is 11.3 Å². The van der Waals surface area contributed by atoms with Gasteiger partial charge < -0.3 is 9.73 Å². The molecule has 0 aliphatic rings. The van der Waals surface area contributed by atoms with E-state index in [1.54, 1.807) is 18.3 Å². The van der Waals surface area contributed by atoms with Gasteiger partial charge in [-0.15, -0.1) is 0 Å². The van der Waals surface area contributed by atoms with E-state index in [4.69, 9.17) is 16.0 Å². The van der Waals surface area contributed by atoms with Crippen LogP contribution in [0.4, 0.5) is 5.69 Å². The Morgan fingerprint density at radius 1 is 1.07 bits per heavy atom. The van der Waals surface area contributed by atoms with Gasteiger partial charge in [0.05, 0.1) is 6.20 Å². The first-order chi connectivity index (χ1) is 13.1. The summed E-state index contributed by atoms with van der Waals surface area (Å²) in [6.07, 6.45) is 5.88. The molecule has 140 valence electrons. The lowest BCUT2D eigenvalue weighted by Gasteiger charge is -2.06. The number of amides is 1. The van der Waals surface area contributed by atoms with Gasteiger partial charge in [0.2, 0.25) is 5.91 Å². The summed E-state index contributed by atoms with van der Waals surface area (Å²) in [4.78, 5) is 16.4. The smallest absolute Gasteiger partial charge is 0.224 e. The molecule has 0 spiro atoms. The second kappa shape index (κ2) is 9.38. The third kappa shape index (κ3) is 5.69. The van der Waals surface area contributed by atoms with Gasteiger partial charge in [0.25, 0.3) is 0 Å². The highest BCUT2D eigenvalue weighted by molar-refractivity contribution is 6.30. The van der Waals surface area contributed by atoms with E-state index in [0.717, 1.165) is 17.7 Å². The van der Waals surface area contributed by atoms with Crippen LogP contribution in [0, 0.1) is 0 Å². The van der Waals surface area contributed by atoms with Gasteiger partial charge in [-0.05, 0) is 54.8 Å². The van der Waals surface area contributed by atoms with Crippen LogP contribution in [0.5, 0.6) is 0 Å². The quantitative estimate of drug-likeness (QED) is 0.527. The van der Waals surface area contributed by atoms with Gasteiger partial charge in [-0.2, -0.15) is 0 Å². The molecular formula is C22H23ClN2O2. The number of halogens is 1. The minimum Gasteiger partial charge on any atom is -0.441 e. The molecule has 2 aromatic carbocycles. The number of hydrogen-bond donors (Lipinski definition) is 1. The van der Waals surface area contributed by atoms with Crippen LogP contribution in [0.2, 0.25) is 5.02 Å². The molecule has 3 aromatic rings. The highest BCUT2D eigenvalue weighted by atomic mass is 35.5. The van der Waals surface area contributed by atoms with Crippen molar-refractivity contribution >= 4 is 23.2 Å². The molecule has 0 bridgehead atoms. The summed E-state index contributed by atoms with van der Waals surface area (Å²) in [5, 5.41) is 3.59. The Balaban J connectivity index is 1.50. The van der Waals surface area contributed by atoms with Gasteiger partial charge in [-0.3, -0.25) is 4.79 Å². The number of aryl methyl sites for hydroxylation is 2. The van der Waals surface area contributed by atoms with Crippen LogP contribution in [-0.4, -0.2) is 10.9 Å². The van der Waals surface area contributed by atoms with Crippen LogP contribution in [-0.2, 0) is 17.6 Å². The zero-order valence-electron chi connectivity index (χ0n) is 15.4. The topological polar surface area (TPSA) is 55.1 Å². The van der Waals surface area contributed by atoms with Crippen molar-refractivity contribution in [2.75, 3.05) is 5.32 Å². The monoisotopic (exact) mass is 382 g/mol. The Bertz CT molecular complexity index is 870. The molecule has 0 saturated heterocycles. The normalized spacial score (nSPS) is 10.7. The minimum absolute atomic E-state index is 0.0532. The molecule has 27 heavy (non-hydrogen) atoms. The van der Waals surface area contributed by atoms with Gasteiger partial charge in [-0.25, -0.2) is 4.98 Å². The molecule has 1 N–H and O–H groups in total. The Morgan fingerprint density at radius 3 is 2.52 bits per heavy atom. The van der Waals surface area contributed by atoms with Gasteiger partial charge >= 0.3 is 0 Å². The number of oxazole rings is 1. The lowest BCUT2D eigenvalue weighted by molar-refractivity contribution is -0.116. The lowest BCUT2D eigenvalue weighted by atomic mass is 10.1. The van der Waals surface area contributed by atoms with Crippen LogP contribution in [0.3, 0.4) is 0 Å². The molecule has 0 fully saturated rings. The van der Waals surface area contributed by atoms with Gasteiger partial charge in [0.1, 0.15) is 0 Å². The molecular weight excluding hydrogens is 360 g/mol. The minimum atomic E-state index is -0.0532. The van der Waals surface area contributed by atoms with Gasteiger partial charge in [-0.1, -0.05) is 37.1 Å². The Labute approximate surface area is 164 Å². The summed E-state index contributed by atoms with van der Waals surface area (Å²) in [6, 6.07) is 15.4. The number of carbonyl (C=O) groups excluding carboxylic acids is 1. The molecule has 0 atom stereocenters. The summed E-state index contributed by atoms with van der Waals surface area (Å²) >= 11 is 5.90. The average Bonchev–Trinajstić information content (AvgIpc) is 3.15. The average molecular weight is 383 g/mol. The molecule has 1 amide bonds. The summed E-state index contributed by atoms with van der Waals surface area (Å²) in [6.45, 7) is 2.18. The lowest BCUT2D eigenvalue weighted by Crippen LogP contribution is -2.12. The highest BCUT2D eigenvalue weighted by Gasteiger charge is 2.09. The third-order valence-electron chi connectivity index (χ3n) is 4.30. The number of nitrogens with zero attached hydrogens (tertiary/aromatic N) is 1. The molecule has 0 saturated carbocycles. The Morgan fingerprint density at radius 2 is 1.81 bits per heavy atom. The summed E-state index contributed by atoms with van der Waals surface area (Å²) in [5.74, 6) is 1.16. The zero-order chi connectivity index (χ0) is 19.1. The standard InChI is InChI=1S/C22H23ClN2O2/c1-2-3-4-16-5-11-19(12-6-16)25-21(26)13-14-22-24-15-20(27-22)17-7-9-18(23)10-8-17/h5-12,15H,2-4,13-14H2,1H3,(H,25,26). The number of hydrogen-bond acceptors (Lipinski definition) is 3. The van der Waals surface area contributed by atoms with Crippen LogP contribution in [0.15, 0.2) is 59.1 Å². The fourth-order valence-corrected chi connectivity index (χ4v) is 2.88. The molecule has 5 heteroatoms. The van der Waals surface area contributed by atoms with Crippen molar-refractivity contribution in [1.29, 1.82) is 0 Å². The summed E-state index contributed by atoms with van der Waals surface area (Å²) in [5.41, 5.74) is 3.02. The van der Waals surface area contributed by atoms with Crippen LogP contribution in [0.1, 0.15) is 37.6 Å². The van der Waals surface area contributed by atoms with Crippen LogP contribution < -0.4 is 5.32 Å². The molecule has 4 nitrogen and oxygen atoms in total. The van der Waals surface area contributed by atoms with Crippen molar-refractivity contribution in [3.05, 3.63) is 71.2 Å². The number of benzene rings is 2. The maximum atomic E-state index is 12.2. The van der Waals surface area contributed by atoms with Crippen molar-refractivity contribution in [1.82, 2.24) is 4.98 Å². The molecule has 0 aliphatic heterocycles. The fourth-order valence-electron chi connectivity index (χ4n) is 2.75. The van der Waals surface area contributed by atoms with E-state index in [9.17, 15) is 4.79 Å². The van der Waals surface area contributed by atoms with Crippen molar-refractivity contribution in [3.8, 4) is 11.3 Å². The number of nitrogens with one attached hydrogen (secondary N) is 1. The second-order valence-corrected chi connectivity index (χ2v) is 6.91. The SMILES string of the molecule is CCCCc1ccc(NC(=O)CCc2ncc(-c3ccc(Cl)cc3)o2)cc1. The van der Waals surface area contributed by atoms with Crippen molar-refractivity contribution in [3.63, 3.8) is 0 Å². The van der Waals surface area contributed by atoms with E-state index in [1.165, 1.54) is 18.4 Å². The maximum Gasteiger partial charge on any atom is 0.224 e. The van der Waals surface area contributed by atoms with E-state index in [1.807, 2.05) is 24.3 Å². The molecule has 0 aliphatic carbocycles. The van der Waals surface area contributed by atoms with E-state index in [-0.39, 0.29) is 5.91 Å². The van der Waals surface area contributed by atoms with Crippen LogP contribution >= 0.6 is 11.6 Å². The number of rotatable bonds is 8. The first-order valence-corrected chi connectivity index (χ1v) is 9.61. The Hall–Kier alpha value is -2.59. The Kier molecular flexibility index (Phi) is 6.66. The second-order valence-electron chi connectivity index (χ2n) is 6.47. The van der Waals surface area contributed by atoms with Gasteiger partial charge in [0.15, 0.2) is 11.7 Å². The predicted octanol–water partition coefficient (Wildman–Crippen LogP) is 5.91. The number of aromatic nitrogens is 1. The summed E-state index contributed by atoms with van der Waals surface area (Å²) in [7, 11) is 0. The molecule has 1 aromatic heterocycles. The molecule has 3 rings (SSSR count). The van der Waals surface area contributed by atoms with Crippen molar-refractivity contribution < 1.29 is 9.21 Å². The summed E-state index contributed by atoms with van der Waals surface area (Å²) < 4.78 is 5.73. The van der Waals surface area contributed by atoms with E-state index < -0.39 is 0 Å². The maximum absolute atomic E-state index is 12.2. The van der Waals surface area contributed by atoms with E-state index >= 15 is 0 Å². The zero-order valence-corrected chi connectivity index (χ0v) is 16.1.